The van der Waals surface area contributed by atoms with E-state index >= 15 is 0 Å². The Kier molecular flexibility index (Phi) is 5.83. The Balaban J connectivity index is 1.73. The second-order valence-corrected chi connectivity index (χ2v) is 6.01. The largest absolute Gasteiger partial charge is 0.465 e. The van der Waals surface area contributed by atoms with E-state index in [-0.39, 0.29) is 11.8 Å². The van der Waals surface area contributed by atoms with Gasteiger partial charge in [0.1, 0.15) is 0 Å². The average molecular weight is 368 g/mol. The van der Waals surface area contributed by atoms with Crippen LogP contribution in [0.3, 0.4) is 0 Å². The fourth-order valence-electron chi connectivity index (χ4n) is 2.79. The van der Waals surface area contributed by atoms with Crippen LogP contribution in [0.2, 0.25) is 0 Å². The number of anilines is 1. The number of morpholine rings is 1. The number of benzene rings is 2. The maximum Gasteiger partial charge on any atom is 0.337 e. The van der Waals surface area contributed by atoms with Crippen LogP contribution in [0.25, 0.3) is 0 Å². The second-order valence-electron chi connectivity index (χ2n) is 6.01. The number of amides is 2. The smallest absolute Gasteiger partial charge is 0.337 e. The minimum absolute atomic E-state index is 0.0953. The van der Waals surface area contributed by atoms with Gasteiger partial charge in [-0.2, -0.15) is 0 Å². The molecule has 2 aromatic rings. The zero-order valence-electron chi connectivity index (χ0n) is 14.9. The first-order valence-corrected chi connectivity index (χ1v) is 8.55. The van der Waals surface area contributed by atoms with Gasteiger partial charge in [-0.1, -0.05) is 12.1 Å². The van der Waals surface area contributed by atoms with Gasteiger partial charge in [0, 0.05) is 29.9 Å². The minimum atomic E-state index is -0.511. The lowest BCUT2D eigenvalue weighted by Gasteiger charge is -2.27. The van der Waals surface area contributed by atoms with E-state index < -0.39 is 5.97 Å². The van der Waals surface area contributed by atoms with Gasteiger partial charge in [0.2, 0.25) is 0 Å². The van der Waals surface area contributed by atoms with Crippen molar-refractivity contribution in [3.8, 4) is 0 Å². The van der Waals surface area contributed by atoms with Crippen LogP contribution in [0.15, 0.2) is 48.5 Å². The van der Waals surface area contributed by atoms with Crippen molar-refractivity contribution in [1.29, 1.82) is 0 Å². The summed E-state index contributed by atoms with van der Waals surface area (Å²) >= 11 is 0. The molecule has 0 radical (unpaired) electrons. The van der Waals surface area contributed by atoms with E-state index in [1.165, 1.54) is 13.2 Å². The average Bonchev–Trinajstić information content (AvgIpc) is 2.73. The summed E-state index contributed by atoms with van der Waals surface area (Å²) in [7, 11) is 1.28. The van der Waals surface area contributed by atoms with E-state index in [0.717, 1.165) is 0 Å². The van der Waals surface area contributed by atoms with Crippen LogP contribution in [-0.2, 0) is 9.47 Å². The van der Waals surface area contributed by atoms with Gasteiger partial charge in [-0.25, -0.2) is 4.79 Å². The molecule has 1 aliphatic heterocycles. The second kappa shape index (κ2) is 8.46. The van der Waals surface area contributed by atoms with Crippen molar-refractivity contribution >= 4 is 23.5 Å². The van der Waals surface area contributed by atoms with Crippen molar-refractivity contribution in [3.63, 3.8) is 0 Å². The summed E-state index contributed by atoms with van der Waals surface area (Å²) in [4.78, 5) is 38.4. The van der Waals surface area contributed by atoms with Crippen molar-refractivity contribution in [1.82, 2.24) is 4.90 Å². The summed E-state index contributed by atoms with van der Waals surface area (Å²) in [5.41, 5.74) is 1.62. The first-order chi connectivity index (χ1) is 13.1. The van der Waals surface area contributed by atoms with E-state index in [1.54, 1.807) is 47.4 Å². The number of nitrogens with zero attached hydrogens (tertiary/aromatic N) is 1. The van der Waals surface area contributed by atoms with Crippen LogP contribution in [0.5, 0.6) is 0 Å². The first-order valence-electron chi connectivity index (χ1n) is 8.55. The maximum absolute atomic E-state index is 12.6. The number of rotatable bonds is 4. The highest BCUT2D eigenvalue weighted by molar-refractivity contribution is 6.06. The Morgan fingerprint density at radius 3 is 2.37 bits per heavy atom. The molecule has 0 unspecified atom stereocenters. The van der Waals surface area contributed by atoms with Gasteiger partial charge in [0.25, 0.3) is 11.8 Å². The molecule has 1 fully saturated rings. The molecule has 2 amide bonds. The molecule has 27 heavy (non-hydrogen) atoms. The van der Waals surface area contributed by atoms with E-state index in [2.05, 4.69) is 10.1 Å². The Hall–Kier alpha value is -3.19. The zero-order valence-corrected chi connectivity index (χ0v) is 14.9. The first kappa shape index (κ1) is 18.6. The molecule has 0 aliphatic carbocycles. The Morgan fingerprint density at radius 2 is 1.63 bits per heavy atom. The summed E-state index contributed by atoms with van der Waals surface area (Å²) < 4.78 is 9.93. The quantitative estimate of drug-likeness (QED) is 0.837. The lowest BCUT2D eigenvalue weighted by atomic mass is 10.1. The van der Waals surface area contributed by atoms with Crippen LogP contribution in [0, 0.1) is 0 Å². The number of nitrogens with one attached hydrogen (secondary N) is 1. The number of ether oxygens (including phenoxy) is 2. The highest BCUT2D eigenvalue weighted by Crippen LogP contribution is 2.16. The van der Waals surface area contributed by atoms with Crippen molar-refractivity contribution in [3.05, 3.63) is 65.2 Å². The van der Waals surface area contributed by atoms with E-state index in [0.29, 0.717) is 48.7 Å². The summed E-state index contributed by atoms with van der Waals surface area (Å²) in [5.74, 6) is -0.985. The highest BCUT2D eigenvalue weighted by atomic mass is 16.5. The summed E-state index contributed by atoms with van der Waals surface area (Å²) in [6, 6.07) is 13.0. The number of hydrogen-bond donors (Lipinski definition) is 1. The molecule has 1 N–H and O–H groups in total. The van der Waals surface area contributed by atoms with Gasteiger partial charge >= 0.3 is 5.97 Å². The Morgan fingerprint density at radius 1 is 0.963 bits per heavy atom. The molecule has 2 aromatic carbocycles. The molecule has 0 saturated carbocycles. The molecule has 0 spiro atoms. The van der Waals surface area contributed by atoms with E-state index in [4.69, 9.17) is 4.74 Å². The topological polar surface area (TPSA) is 84.9 Å². The van der Waals surface area contributed by atoms with Crippen LogP contribution in [0.1, 0.15) is 31.1 Å². The third-order valence-electron chi connectivity index (χ3n) is 4.21. The normalized spacial score (nSPS) is 13.7. The molecule has 1 aliphatic rings. The van der Waals surface area contributed by atoms with Gasteiger partial charge in [-0.3, -0.25) is 9.59 Å². The molecule has 1 heterocycles. The lowest BCUT2D eigenvalue weighted by Crippen LogP contribution is -2.40. The van der Waals surface area contributed by atoms with Gasteiger partial charge in [-0.15, -0.1) is 0 Å². The van der Waals surface area contributed by atoms with Crippen LogP contribution >= 0.6 is 0 Å². The molecule has 7 heteroatoms. The minimum Gasteiger partial charge on any atom is -0.465 e. The lowest BCUT2D eigenvalue weighted by molar-refractivity contribution is 0.0303. The number of hydrogen-bond acceptors (Lipinski definition) is 5. The molecule has 140 valence electrons. The van der Waals surface area contributed by atoms with E-state index in [1.807, 2.05) is 0 Å². The molecule has 0 aromatic heterocycles. The van der Waals surface area contributed by atoms with Crippen LogP contribution in [-0.4, -0.2) is 56.1 Å². The monoisotopic (exact) mass is 368 g/mol. The molecule has 0 atom stereocenters. The highest BCUT2D eigenvalue weighted by Gasteiger charge is 2.19. The molecule has 0 bridgehead atoms. The number of carbonyl (C=O) groups is 3. The third kappa shape index (κ3) is 4.51. The Bertz CT molecular complexity index is 859. The van der Waals surface area contributed by atoms with Crippen molar-refractivity contribution in [2.45, 2.75) is 0 Å². The van der Waals surface area contributed by atoms with E-state index in [9.17, 15) is 14.4 Å². The molecular weight excluding hydrogens is 348 g/mol. The molecule has 3 rings (SSSR count). The standard InChI is InChI=1S/C20H20N2O5/c1-26-20(25)16-6-2-4-14(12-16)18(23)21-17-7-3-5-15(13-17)19(24)22-8-10-27-11-9-22/h2-7,12-13H,8-11H2,1H3,(H,21,23). The zero-order chi connectivity index (χ0) is 19.2. The Labute approximate surface area is 156 Å². The summed E-state index contributed by atoms with van der Waals surface area (Å²) in [5, 5.41) is 2.75. The molecular formula is C20H20N2O5. The fourth-order valence-corrected chi connectivity index (χ4v) is 2.79. The third-order valence-corrected chi connectivity index (χ3v) is 4.21. The van der Waals surface area contributed by atoms with Gasteiger partial charge < -0.3 is 19.7 Å². The predicted octanol–water partition coefficient (Wildman–Crippen LogP) is 2.20. The summed E-state index contributed by atoms with van der Waals surface area (Å²) in [6.07, 6.45) is 0. The van der Waals surface area contributed by atoms with Gasteiger partial charge in [-0.05, 0) is 36.4 Å². The number of esters is 1. The fraction of sp³-hybridized carbons (Fsp3) is 0.250. The predicted molar refractivity (Wildman–Crippen MR) is 98.9 cm³/mol. The van der Waals surface area contributed by atoms with Crippen molar-refractivity contribution in [2.24, 2.45) is 0 Å². The van der Waals surface area contributed by atoms with Gasteiger partial charge in [0.05, 0.1) is 25.9 Å². The maximum atomic E-state index is 12.6. The van der Waals surface area contributed by atoms with Gasteiger partial charge in [0.15, 0.2) is 0 Å². The van der Waals surface area contributed by atoms with Crippen LogP contribution < -0.4 is 5.32 Å². The summed E-state index contributed by atoms with van der Waals surface area (Å²) in [6.45, 7) is 2.16. The van der Waals surface area contributed by atoms with Crippen molar-refractivity contribution < 1.29 is 23.9 Å². The molecule has 1 saturated heterocycles. The van der Waals surface area contributed by atoms with Crippen molar-refractivity contribution in [2.75, 3.05) is 38.7 Å². The number of methoxy groups -OCH3 is 1. The number of carbonyl (C=O) groups excluding carboxylic acids is 3. The molecule has 7 nitrogen and oxygen atoms in total. The SMILES string of the molecule is COC(=O)c1cccc(C(=O)Nc2cccc(C(=O)N3CCOCC3)c2)c1. The van der Waals surface area contributed by atoms with Crippen LogP contribution in [0.4, 0.5) is 5.69 Å².